The van der Waals surface area contributed by atoms with Crippen molar-refractivity contribution in [3.05, 3.63) is 0 Å². The molecule has 0 heterocycles. The summed E-state index contributed by atoms with van der Waals surface area (Å²) in [5.41, 5.74) is 1.98. The van der Waals surface area contributed by atoms with Crippen LogP contribution in [0, 0.1) is 0 Å². The number of carbonyl (C=O) groups is 1. The largest absolute Gasteiger partial charge is 0.415 e. The minimum atomic E-state index is -4.72. The quantitative estimate of drug-likeness (QED) is 0.652. The van der Waals surface area contributed by atoms with Crippen LogP contribution in [0.25, 0.3) is 0 Å². The van der Waals surface area contributed by atoms with Crippen LogP contribution in [0.1, 0.15) is 13.8 Å². The van der Waals surface area contributed by atoms with Crippen molar-refractivity contribution in [3.63, 3.8) is 0 Å². The molecule has 0 spiro atoms. The molecule has 3 N–H and O–H groups in total. The molecule has 0 unspecified atom stereocenters. The van der Waals surface area contributed by atoms with E-state index in [1.165, 1.54) is 6.92 Å². The first kappa shape index (κ1) is 11.2. The van der Waals surface area contributed by atoms with Crippen LogP contribution in [0.2, 0.25) is 0 Å². The van der Waals surface area contributed by atoms with E-state index in [4.69, 9.17) is 5.73 Å². The lowest BCUT2D eigenvalue weighted by molar-refractivity contribution is -0.187. The van der Waals surface area contributed by atoms with Gasteiger partial charge in [-0.15, -0.1) is 0 Å². The first-order chi connectivity index (χ1) is 5.23. The van der Waals surface area contributed by atoms with Crippen LogP contribution in [0.4, 0.5) is 13.2 Å². The maximum Gasteiger partial charge on any atom is 0.415 e. The van der Waals surface area contributed by atoms with E-state index in [0.29, 0.717) is 6.92 Å². The molecule has 0 bridgehead atoms. The van der Waals surface area contributed by atoms with E-state index in [2.05, 4.69) is 0 Å². The normalized spacial score (nSPS) is 16.8. The lowest BCUT2D eigenvalue weighted by Gasteiger charge is -2.25. The van der Waals surface area contributed by atoms with Crippen molar-refractivity contribution >= 4 is 5.91 Å². The van der Waals surface area contributed by atoms with Gasteiger partial charge in [0.05, 0.1) is 0 Å². The van der Waals surface area contributed by atoms with Crippen LogP contribution in [0.5, 0.6) is 0 Å². The number of nitrogens with two attached hydrogens (primary N) is 1. The molecule has 0 aromatic heterocycles. The number of halogens is 3. The number of carbonyl (C=O) groups excluding carboxylic acids is 1. The summed E-state index contributed by atoms with van der Waals surface area (Å²) in [6.45, 7) is 2.28. The predicted molar refractivity (Wildman–Crippen MR) is 37.3 cm³/mol. The van der Waals surface area contributed by atoms with Crippen LogP contribution in [0.3, 0.4) is 0 Å². The third-order valence-electron chi connectivity index (χ3n) is 1.40. The fourth-order valence-electron chi connectivity index (χ4n) is 0.473. The van der Waals surface area contributed by atoms with Gasteiger partial charge in [0.1, 0.15) is 0 Å². The van der Waals surface area contributed by atoms with Crippen LogP contribution < -0.4 is 11.1 Å². The summed E-state index contributed by atoms with van der Waals surface area (Å²) >= 11 is 0. The Hall–Kier alpha value is -0.780. The van der Waals surface area contributed by atoms with Crippen LogP contribution >= 0.6 is 0 Å². The van der Waals surface area contributed by atoms with Gasteiger partial charge >= 0.3 is 6.18 Å². The summed E-state index contributed by atoms with van der Waals surface area (Å²) < 4.78 is 36.1. The Kier molecular flexibility index (Phi) is 3.09. The Morgan fingerprint density at radius 1 is 1.50 bits per heavy atom. The minimum Gasteiger partial charge on any atom is -0.354 e. The molecule has 0 aliphatic rings. The van der Waals surface area contributed by atoms with Crippen molar-refractivity contribution in [2.24, 2.45) is 5.73 Å². The molecule has 0 saturated heterocycles. The van der Waals surface area contributed by atoms with Crippen molar-refractivity contribution in [2.45, 2.75) is 25.6 Å². The molecule has 0 saturated carbocycles. The predicted octanol–water partition coefficient (Wildman–Crippen LogP) is 0.402. The number of nitrogens with one attached hydrogen (secondary N) is 1. The van der Waals surface area contributed by atoms with Gasteiger partial charge in [-0.1, -0.05) is 0 Å². The molecule has 1 atom stereocenters. The van der Waals surface area contributed by atoms with E-state index in [0.717, 1.165) is 0 Å². The standard InChI is InChI=1S/C6H11F3N2O/c1-3-11-4(12)5(2,10)6(7,8)9/h3,10H2,1-2H3,(H,11,12)/t5-/m0/s1. The van der Waals surface area contributed by atoms with Gasteiger partial charge in [0.15, 0.2) is 5.54 Å². The maximum atomic E-state index is 12.0. The van der Waals surface area contributed by atoms with Gasteiger partial charge in [0, 0.05) is 6.54 Å². The fraction of sp³-hybridized carbons (Fsp3) is 0.833. The van der Waals surface area contributed by atoms with Crippen LogP contribution in [-0.4, -0.2) is 24.2 Å². The third-order valence-corrected chi connectivity index (χ3v) is 1.40. The smallest absolute Gasteiger partial charge is 0.354 e. The van der Waals surface area contributed by atoms with Crippen molar-refractivity contribution in [3.8, 4) is 0 Å². The SMILES string of the molecule is CCNC(=O)[C@](C)(N)C(F)(F)F. The van der Waals surface area contributed by atoms with Gasteiger partial charge in [-0.25, -0.2) is 0 Å². The van der Waals surface area contributed by atoms with E-state index in [-0.39, 0.29) is 6.54 Å². The molecule has 72 valence electrons. The average Bonchev–Trinajstić information content (AvgIpc) is 1.85. The summed E-state index contributed by atoms with van der Waals surface area (Å²) in [5.74, 6) is -1.21. The Morgan fingerprint density at radius 3 is 2.17 bits per heavy atom. The monoisotopic (exact) mass is 184 g/mol. The number of alkyl halides is 3. The highest BCUT2D eigenvalue weighted by Crippen LogP contribution is 2.27. The Labute approximate surface area is 68.1 Å². The number of rotatable bonds is 2. The second-order valence-corrected chi connectivity index (χ2v) is 2.56. The van der Waals surface area contributed by atoms with Gasteiger partial charge in [-0.3, -0.25) is 4.79 Å². The van der Waals surface area contributed by atoms with E-state index in [9.17, 15) is 18.0 Å². The lowest BCUT2D eigenvalue weighted by atomic mass is 10.0. The highest BCUT2D eigenvalue weighted by Gasteiger charge is 2.53. The Morgan fingerprint density at radius 2 is 1.92 bits per heavy atom. The topological polar surface area (TPSA) is 55.1 Å². The van der Waals surface area contributed by atoms with Crippen molar-refractivity contribution < 1.29 is 18.0 Å². The first-order valence-electron chi connectivity index (χ1n) is 3.37. The Balaban J connectivity index is 4.50. The van der Waals surface area contributed by atoms with Gasteiger partial charge in [0.2, 0.25) is 5.91 Å². The number of amides is 1. The van der Waals surface area contributed by atoms with Crippen molar-refractivity contribution in [1.29, 1.82) is 0 Å². The molecule has 0 radical (unpaired) electrons. The third kappa shape index (κ3) is 2.10. The molecule has 0 fully saturated rings. The lowest BCUT2D eigenvalue weighted by Crippen LogP contribution is -2.61. The summed E-state index contributed by atoms with van der Waals surface area (Å²) in [6, 6.07) is 0. The molecule has 0 aromatic rings. The van der Waals surface area contributed by atoms with Gasteiger partial charge in [-0.2, -0.15) is 13.2 Å². The molecule has 0 aliphatic heterocycles. The Bertz CT molecular complexity index is 176. The molecule has 3 nitrogen and oxygen atoms in total. The minimum absolute atomic E-state index is 0.127. The summed E-state index contributed by atoms with van der Waals surface area (Å²) in [4.78, 5) is 10.8. The zero-order chi connectivity index (χ0) is 9.99. The first-order valence-corrected chi connectivity index (χ1v) is 3.37. The van der Waals surface area contributed by atoms with Crippen LogP contribution in [0.15, 0.2) is 0 Å². The van der Waals surface area contributed by atoms with Gasteiger partial charge < -0.3 is 11.1 Å². The number of hydrogen-bond acceptors (Lipinski definition) is 2. The average molecular weight is 184 g/mol. The summed E-state index contributed by atoms with van der Waals surface area (Å²) in [5, 5.41) is 2.01. The highest BCUT2D eigenvalue weighted by molar-refractivity contribution is 5.86. The van der Waals surface area contributed by atoms with Crippen LogP contribution in [-0.2, 0) is 4.79 Å². The number of hydrogen-bond donors (Lipinski definition) is 2. The maximum absolute atomic E-state index is 12.0. The van der Waals surface area contributed by atoms with Gasteiger partial charge in [0.25, 0.3) is 0 Å². The van der Waals surface area contributed by atoms with E-state index in [1.54, 1.807) is 0 Å². The van der Waals surface area contributed by atoms with E-state index < -0.39 is 17.6 Å². The van der Waals surface area contributed by atoms with Crippen molar-refractivity contribution in [1.82, 2.24) is 5.32 Å². The van der Waals surface area contributed by atoms with E-state index in [1.807, 2.05) is 5.32 Å². The zero-order valence-corrected chi connectivity index (χ0v) is 6.83. The van der Waals surface area contributed by atoms with E-state index >= 15 is 0 Å². The highest BCUT2D eigenvalue weighted by atomic mass is 19.4. The molecule has 0 rings (SSSR count). The molecule has 12 heavy (non-hydrogen) atoms. The molecular weight excluding hydrogens is 173 g/mol. The molecule has 6 heteroatoms. The second-order valence-electron chi connectivity index (χ2n) is 2.56. The van der Waals surface area contributed by atoms with Crippen molar-refractivity contribution in [2.75, 3.05) is 6.54 Å². The number of likely N-dealkylation sites (N-methyl/N-ethyl adjacent to an activating group) is 1. The van der Waals surface area contributed by atoms with Gasteiger partial charge in [-0.05, 0) is 13.8 Å². The molecular formula is C6H11F3N2O. The second kappa shape index (κ2) is 3.30. The molecule has 1 amide bonds. The fourth-order valence-corrected chi connectivity index (χ4v) is 0.473. The molecule has 0 aliphatic carbocycles. The summed E-state index contributed by atoms with van der Waals surface area (Å²) in [6.07, 6.45) is -4.72. The summed E-state index contributed by atoms with van der Waals surface area (Å²) in [7, 11) is 0. The molecule has 0 aromatic carbocycles. The zero-order valence-electron chi connectivity index (χ0n) is 6.83.